The van der Waals surface area contributed by atoms with E-state index in [4.69, 9.17) is 4.74 Å². The first-order valence-electron chi connectivity index (χ1n) is 9.37. The van der Waals surface area contributed by atoms with Crippen LogP contribution in [0.4, 0.5) is 11.4 Å². The number of anilines is 2. The van der Waals surface area contributed by atoms with Crippen molar-refractivity contribution in [3.05, 3.63) is 72.3 Å². The van der Waals surface area contributed by atoms with Gasteiger partial charge in [0.15, 0.2) is 0 Å². The number of carbonyl (C=O) groups excluding carboxylic acids is 1. The summed E-state index contributed by atoms with van der Waals surface area (Å²) in [5, 5.41) is 12.8. The second-order valence-corrected chi connectivity index (χ2v) is 9.36. The molecule has 162 valence electrons. The lowest BCUT2D eigenvalue weighted by atomic mass is 10.2. The van der Waals surface area contributed by atoms with Crippen molar-refractivity contribution in [1.82, 2.24) is 0 Å². The lowest BCUT2D eigenvalue weighted by Gasteiger charge is -2.14. The Morgan fingerprint density at radius 1 is 1.03 bits per heavy atom. The first-order valence-corrected chi connectivity index (χ1v) is 11.8. The van der Waals surface area contributed by atoms with Gasteiger partial charge in [-0.2, -0.15) is 0 Å². The molecule has 7 nitrogen and oxygen atoms in total. The lowest BCUT2D eigenvalue weighted by molar-refractivity contribution is 0.102. The number of para-hydroxylation sites is 2. The molecular formula is C22H22N2O5S2. The Bertz CT molecular complexity index is 1200. The number of phenols is 1. The molecule has 0 aliphatic carbocycles. The number of ether oxygens (including phenoxy) is 1. The van der Waals surface area contributed by atoms with Gasteiger partial charge >= 0.3 is 0 Å². The van der Waals surface area contributed by atoms with Crippen LogP contribution in [0.3, 0.4) is 0 Å². The highest BCUT2D eigenvalue weighted by molar-refractivity contribution is 7.99. The monoisotopic (exact) mass is 458 g/mol. The highest BCUT2D eigenvalue weighted by Gasteiger charge is 2.20. The Morgan fingerprint density at radius 3 is 2.48 bits per heavy atom. The zero-order valence-corrected chi connectivity index (χ0v) is 18.6. The molecule has 3 aromatic carbocycles. The summed E-state index contributed by atoms with van der Waals surface area (Å²) in [6.45, 7) is 1.98. The van der Waals surface area contributed by atoms with E-state index in [1.807, 2.05) is 19.1 Å². The minimum absolute atomic E-state index is 0.01000. The van der Waals surface area contributed by atoms with Gasteiger partial charge in [-0.15, -0.1) is 11.8 Å². The quantitative estimate of drug-likeness (QED) is 0.337. The summed E-state index contributed by atoms with van der Waals surface area (Å²) in [4.78, 5) is 13.5. The van der Waals surface area contributed by atoms with Crippen molar-refractivity contribution in [1.29, 1.82) is 0 Å². The predicted molar refractivity (Wildman–Crippen MR) is 123 cm³/mol. The molecule has 3 rings (SSSR count). The summed E-state index contributed by atoms with van der Waals surface area (Å²) in [6, 6.07) is 17.4. The van der Waals surface area contributed by atoms with Crippen molar-refractivity contribution < 1.29 is 23.1 Å². The van der Waals surface area contributed by atoms with E-state index in [-0.39, 0.29) is 22.0 Å². The first kappa shape index (κ1) is 22.5. The number of amides is 1. The van der Waals surface area contributed by atoms with E-state index in [0.717, 1.165) is 10.6 Å². The van der Waals surface area contributed by atoms with Gasteiger partial charge in [-0.3, -0.25) is 9.52 Å². The van der Waals surface area contributed by atoms with Crippen LogP contribution in [-0.2, 0) is 10.0 Å². The van der Waals surface area contributed by atoms with Gasteiger partial charge in [-0.25, -0.2) is 8.42 Å². The number of thioether (sulfide) groups is 1. The molecule has 0 fully saturated rings. The molecular weight excluding hydrogens is 436 g/mol. The minimum atomic E-state index is -4.00. The van der Waals surface area contributed by atoms with E-state index >= 15 is 0 Å². The summed E-state index contributed by atoms with van der Waals surface area (Å²) in [6.07, 6.45) is 0. The largest absolute Gasteiger partial charge is 0.506 e. The molecule has 31 heavy (non-hydrogen) atoms. The van der Waals surface area contributed by atoms with Crippen LogP contribution in [0.2, 0.25) is 0 Å². The van der Waals surface area contributed by atoms with Crippen LogP contribution in [0.5, 0.6) is 11.5 Å². The normalized spacial score (nSPS) is 11.0. The van der Waals surface area contributed by atoms with Crippen molar-refractivity contribution in [2.45, 2.75) is 16.7 Å². The molecule has 0 radical (unpaired) electrons. The summed E-state index contributed by atoms with van der Waals surface area (Å²) >= 11 is 1.52. The number of sulfonamides is 1. The molecule has 3 aromatic rings. The second-order valence-electron chi connectivity index (χ2n) is 6.37. The third-order valence-electron chi connectivity index (χ3n) is 4.31. The third kappa shape index (κ3) is 5.31. The van der Waals surface area contributed by atoms with Gasteiger partial charge < -0.3 is 15.2 Å². The fourth-order valence-corrected chi connectivity index (χ4v) is 4.74. The number of methoxy groups -OCH3 is 1. The standard InChI is InChI=1S/C22H22N2O5S2/c1-3-30-21-11-7-4-8-16(21)22(26)23-18-14-15(12-13-19(18)25)31(27,28)24-17-9-5-6-10-20(17)29-2/h4-14,24-25H,3H2,1-2H3,(H,23,26). The third-order valence-corrected chi connectivity index (χ3v) is 6.63. The van der Waals surface area contributed by atoms with Crippen molar-refractivity contribution >= 4 is 39.1 Å². The molecule has 0 bridgehead atoms. The maximum atomic E-state index is 12.9. The molecule has 0 heterocycles. The number of phenolic OH excluding ortho intramolecular Hbond substituents is 1. The van der Waals surface area contributed by atoms with Gasteiger partial charge in [0.05, 0.1) is 28.9 Å². The maximum Gasteiger partial charge on any atom is 0.262 e. The molecule has 0 aliphatic heterocycles. The number of hydrogen-bond acceptors (Lipinski definition) is 6. The maximum absolute atomic E-state index is 12.9. The minimum Gasteiger partial charge on any atom is -0.506 e. The van der Waals surface area contributed by atoms with E-state index in [1.165, 1.54) is 37.1 Å². The molecule has 0 saturated carbocycles. The summed E-state index contributed by atoms with van der Waals surface area (Å²) in [5.41, 5.74) is 0.701. The molecule has 0 aliphatic rings. The summed E-state index contributed by atoms with van der Waals surface area (Å²) < 4.78 is 33.4. The van der Waals surface area contributed by atoms with Crippen LogP contribution in [0, 0.1) is 0 Å². The number of benzene rings is 3. The van der Waals surface area contributed by atoms with Gasteiger partial charge in [0.2, 0.25) is 0 Å². The average Bonchev–Trinajstić information content (AvgIpc) is 2.76. The van der Waals surface area contributed by atoms with Gasteiger partial charge in [-0.1, -0.05) is 31.2 Å². The molecule has 0 atom stereocenters. The SMILES string of the molecule is CCSc1ccccc1C(=O)Nc1cc(S(=O)(=O)Nc2ccccc2OC)ccc1O. The van der Waals surface area contributed by atoms with E-state index in [2.05, 4.69) is 10.0 Å². The lowest BCUT2D eigenvalue weighted by Crippen LogP contribution is -2.16. The summed E-state index contributed by atoms with van der Waals surface area (Å²) in [7, 11) is -2.56. The van der Waals surface area contributed by atoms with Gasteiger partial charge in [-0.05, 0) is 48.2 Å². The van der Waals surface area contributed by atoms with Crippen LogP contribution >= 0.6 is 11.8 Å². The number of rotatable bonds is 8. The highest BCUT2D eigenvalue weighted by atomic mass is 32.2. The van der Waals surface area contributed by atoms with E-state index in [1.54, 1.807) is 36.4 Å². The molecule has 0 spiro atoms. The average molecular weight is 459 g/mol. The van der Waals surface area contributed by atoms with E-state index in [0.29, 0.717) is 11.3 Å². The van der Waals surface area contributed by atoms with Crippen molar-refractivity contribution in [2.75, 3.05) is 22.9 Å². The zero-order chi connectivity index (χ0) is 22.4. The number of aromatic hydroxyl groups is 1. The Hall–Kier alpha value is -3.17. The van der Waals surface area contributed by atoms with Crippen molar-refractivity contribution in [2.24, 2.45) is 0 Å². The Labute approximate surface area is 185 Å². The second kappa shape index (κ2) is 9.76. The highest BCUT2D eigenvalue weighted by Crippen LogP contribution is 2.31. The topological polar surface area (TPSA) is 105 Å². The van der Waals surface area contributed by atoms with Gasteiger partial charge in [0.1, 0.15) is 11.5 Å². The van der Waals surface area contributed by atoms with Crippen LogP contribution in [0.25, 0.3) is 0 Å². The van der Waals surface area contributed by atoms with Crippen LogP contribution < -0.4 is 14.8 Å². The van der Waals surface area contributed by atoms with Gasteiger partial charge in [0, 0.05) is 4.90 Å². The van der Waals surface area contributed by atoms with Crippen molar-refractivity contribution in [3.63, 3.8) is 0 Å². The first-order chi connectivity index (χ1) is 14.9. The van der Waals surface area contributed by atoms with Gasteiger partial charge in [0.25, 0.3) is 15.9 Å². The molecule has 3 N–H and O–H groups in total. The fraction of sp³-hybridized carbons (Fsp3) is 0.136. The van der Waals surface area contributed by atoms with Crippen LogP contribution in [-0.4, -0.2) is 32.3 Å². The van der Waals surface area contributed by atoms with Crippen LogP contribution in [0.15, 0.2) is 76.5 Å². The van der Waals surface area contributed by atoms with Crippen molar-refractivity contribution in [3.8, 4) is 11.5 Å². The number of nitrogens with one attached hydrogen (secondary N) is 2. The van der Waals surface area contributed by atoms with E-state index < -0.39 is 15.9 Å². The van der Waals surface area contributed by atoms with Crippen LogP contribution in [0.1, 0.15) is 17.3 Å². The Kier molecular flexibility index (Phi) is 7.09. The smallest absolute Gasteiger partial charge is 0.262 e. The number of carbonyl (C=O) groups is 1. The number of hydrogen-bond donors (Lipinski definition) is 3. The molecule has 0 saturated heterocycles. The van der Waals surface area contributed by atoms with E-state index in [9.17, 15) is 18.3 Å². The Balaban J connectivity index is 1.89. The Morgan fingerprint density at radius 2 is 1.74 bits per heavy atom. The summed E-state index contributed by atoms with van der Waals surface area (Å²) in [5.74, 6) is 0.463. The predicted octanol–water partition coefficient (Wildman–Crippen LogP) is 4.57. The zero-order valence-electron chi connectivity index (χ0n) is 17.0. The molecule has 1 amide bonds. The molecule has 0 aromatic heterocycles. The molecule has 0 unspecified atom stereocenters. The fourth-order valence-electron chi connectivity index (χ4n) is 2.84. The molecule has 9 heteroatoms.